The Bertz CT molecular complexity index is 1380. The van der Waals surface area contributed by atoms with E-state index in [1.807, 2.05) is 0 Å². The fourth-order valence-electron chi connectivity index (χ4n) is 3.24. The number of aromatic nitrogens is 2. The van der Waals surface area contributed by atoms with Gasteiger partial charge in [0.15, 0.2) is 14.9 Å². The maximum absolute atomic E-state index is 13.2. The van der Waals surface area contributed by atoms with Gasteiger partial charge >= 0.3 is 5.97 Å². The third-order valence-corrected chi connectivity index (χ3v) is 6.83. The van der Waals surface area contributed by atoms with Crippen LogP contribution in [0.25, 0.3) is 0 Å². The minimum Gasteiger partial charge on any atom is -0.469 e. The van der Waals surface area contributed by atoms with Crippen LogP contribution in [0.5, 0.6) is 0 Å². The van der Waals surface area contributed by atoms with Gasteiger partial charge in [-0.25, -0.2) is 17.8 Å². The van der Waals surface area contributed by atoms with E-state index in [9.17, 15) is 22.4 Å². The van der Waals surface area contributed by atoms with Crippen molar-refractivity contribution < 1.29 is 27.1 Å². The maximum Gasteiger partial charge on any atom is 0.306 e. The van der Waals surface area contributed by atoms with Crippen molar-refractivity contribution in [3.8, 4) is 0 Å². The molecular weight excluding hydrogens is 489 g/mol. The highest BCUT2D eigenvalue weighted by atomic mass is 32.2. The summed E-state index contributed by atoms with van der Waals surface area (Å²) in [6, 6.07) is 7.85. The predicted octanol–water partition coefficient (Wildman–Crippen LogP) is 3.18. The lowest BCUT2D eigenvalue weighted by Crippen LogP contribution is -2.28. The Morgan fingerprint density at radius 3 is 2.58 bits per heavy atom. The fraction of sp³-hybridized carbons (Fsp3) is 0.208. The first-order chi connectivity index (χ1) is 17.1. The van der Waals surface area contributed by atoms with Crippen LogP contribution in [0.3, 0.4) is 0 Å². The van der Waals surface area contributed by atoms with Gasteiger partial charge in [-0.15, -0.1) is 0 Å². The van der Waals surface area contributed by atoms with Crippen LogP contribution >= 0.6 is 0 Å². The standard InChI is InChI=1S/C24H24FN5O5S/c1-15(16-7-9-28-22(11-16)36(33,34)10-8-23(31)35-2)29-24(32)20-13-27-14-21(19(20)12-26)30-18-5-3-17(25)4-6-18/h3-7,9,11-15,26,30H,8,10H2,1-2H3,(H,29,32)/t15-/m0/s1. The molecule has 0 saturated heterocycles. The molecule has 3 rings (SSSR count). The van der Waals surface area contributed by atoms with Gasteiger partial charge in [-0.1, -0.05) is 0 Å². The Morgan fingerprint density at radius 2 is 1.92 bits per heavy atom. The Morgan fingerprint density at radius 1 is 1.19 bits per heavy atom. The minimum absolute atomic E-state index is 0.115. The van der Waals surface area contributed by atoms with Crippen molar-refractivity contribution in [2.24, 2.45) is 0 Å². The molecule has 1 atom stereocenters. The SMILES string of the molecule is COC(=O)CCS(=O)(=O)c1cc([C@H](C)NC(=O)c2cncc(Nc3ccc(F)cc3)c2C=N)ccn1. The largest absolute Gasteiger partial charge is 0.469 e. The molecule has 0 aliphatic heterocycles. The molecule has 3 aromatic rings. The third kappa shape index (κ3) is 6.48. The summed E-state index contributed by atoms with van der Waals surface area (Å²) in [7, 11) is -2.67. The molecule has 0 unspecified atom stereocenters. The number of rotatable bonds is 10. The zero-order chi connectivity index (χ0) is 26.3. The van der Waals surface area contributed by atoms with Crippen LogP contribution in [0, 0.1) is 11.2 Å². The molecule has 10 nitrogen and oxygen atoms in total. The molecule has 0 saturated carbocycles. The average molecular weight is 514 g/mol. The van der Waals surface area contributed by atoms with Crippen molar-refractivity contribution in [1.82, 2.24) is 15.3 Å². The van der Waals surface area contributed by atoms with Crippen molar-refractivity contribution in [3.05, 3.63) is 77.5 Å². The Labute approximate surface area is 207 Å². The van der Waals surface area contributed by atoms with Crippen LogP contribution in [0.1, 0.15) is 40.9 Å². The first kappa shape index (κ1) is 26.4. The van der Waals surface area contributed by atoms with Crippen molar-refractivity contribution in [2.45, 2.75) is 24.4 Å². The van der Waals surface area contributed by atoms with E-state index < -0.39 is 39.3 Å². The minimum atomic E-state index is -3.85. The van der Waals surface area contributed by atoms with Gasteiger partial charge in [0.05, 0.1) is 42.8 Å². The van der Waals surface area contributed by atoms with Gasteiger partial charge in [-0.05, 0) is 48.9 Å². The van der Waals surface area contributed by atoms with Crippen LogP contribution < -0.4 is 10.6 Å². The first-order valence-corrected chi connectivity index (χ1v) is 12.4. The molecular formula is C24H24FN5O5S. The molecule has 3 N–H and O–H groups in total. The van der Waals surface area contributed by atoms with E-state index in [4.69, 9.17) is 5.41 Å². The van der Waals surface area contributed by atoms with Crippen LogP contribution in [0.2, 0.25) is 0 Å². The molecule has 0 radical (unpaired) electrons. The van der Waals surface area contributed by atoms with E-state index in [2.05, 4.69) is 25.3 Å². The summed E-state index contributed by atoms with van der Waals surface area (Å²) in [6.45, 7) is 1.66. The summed E-state index contributed by atoms with van der Waals surface area (Å²) in [6.07, 6.45) is 4.76. The first-order valence-electron chi connectivity index (χ1n) is 10.7. The van der Waals surface area contributed by atoms with Crippen molar-refractivity contribution in [1.29, 1.82) is 5.41 Å². The molecule has 0 bridgehead atoms. The Hall–Kier alpha value is -4.19. The highest BCUT2D eigenvalue weighted by molar-refractivity contribution is 7.91. The van der Waals surface area contributed by atoms with Crippen LogP contribution in [0.15, 0.2) is 60.0 Å². The van der Waals surface area contributed by atoms with Crippen molar-refractivity contribution in [3.63, 3.8) is 0 Å². The lowest BCUT2D eigenvalue weighted by atomic mass is 10.1. The number of methoxy groups -OCH3 is 1. The number of nitrogens with one attached hydrogen (secondary N) is 3. The number of benzene rings is 1. The van der Waals surface area contributed by atoms with Gasteiger partial charge in [-0.2, -0.15) is 0 Å². The van der Waals surface area contributed by atoms with Crippen molar-refractivity contribution >= 4 is 39.3 Å². The third-order valence-electron chi connectivity index (χ3n) is 5.23. The number of hydrogen-bond acceptors (Lipinski definition) is 9. The van der Waals surface area contributed by atoms with Crippen molar-refractivity contribution in [2.75, 3.05) is 18.2 Å². The molecule has 1 amide bonds. The fourth-order valence-corrected chi connectivity index (χ4v) is 4.42. The highest BCUT2D eigenvalue weighted by Gasteiger charge is 2.21. The molecule has 36 heavy (non-hydrogen) atoms. The number of esters is 1. The number of hydrogen-bond donors (Lipinski definition) is 3. The van der Waals surface area contributed by atoms with E-state index >= 15 is 0 Å². The van der Waals surface area contributed by atoms with E-state index in [0.29, 0.717) is 16.9 Å². The molecule has 0 aliphatic carbocycles. The second-order valence-electron chi connectivity index (χ2n) is 7.69. The second kappa shape index (κ2) is 11.5. The molecule has 0 spiro atoms. The Kier molecular flexibility index (Phi) is 8.43. The Balaban J connectivity index is 1.79. The monoisotopic (exact) mass is 513 g/mol. The molecule has 188 valence electrons. The van der Waals surface area contributed by atoms with Gasteiger partial charge < -0.3 is 20.8 Å². The van der Waals surface area contributed by atoms with Crippen LogP contribution in [0.4, 0.5) is 15.8 Å². The average Bonchev–Trinajstić information content (AvgIpc) is 2.88. The smallest absolute Gasteiger partial charge is 0.306 e. The molecule has 12 heteroatoms. The number of anilines is 2. The molecule has 0 fully saturated rings. The lowest BCUT2D eigenvalue weighted by molar-refractivity contribution is -0.140. The molecule has 1 aromatic carbocycles. The van der Waals surface area contributed by atoms with Crippen LogP contribution in [-0.4, -0.2) is 49.3 Å². The number of carbonyl (C=O) groups is 2. The summed E-state index contributed by atoms with van der Waals surface area (Å²) < 4.78 is 42.8. The maximum atomic E-state index is 13.2. The number of amides is 1. The predicted molar refractivity (Wildman–Crippen MR) is 131 cm³/mol. The summed E-state index contributed by atoms with van der Waals surface area (Å²) in [5.74, 6) is -2.05. The number of halogens is 1. The van der Waals surface area contributed by atoms with Crippen LogP contribution in [-0.2, 0) is 19.4 Å². The number of pyridine rings is 2. The van der Waals surface area contributed by atoms with Gasteiger partial charge in [0.2, 0.25) is 0 Å². The quantitative estimate of drug-likeness (QED) is 0.276. The normalized spacial score (nSPS) is 11.9. The zero-order valence-corrected chi connectivity index (χ0v) is 20.3. The summed E-state index contributed by atoms with van der Waals surface area (Å²) >= 11 is 0. The van der Waals surface area contributed by atoms with E-state index in [-0.39, 0.29) is 22.6 Å². The van der Waals surface area contributed by atoms with E-state index in [1.54, 1.807) is 13.0 Å². The van der Waals surface area contributed by atoms with E-state index in [1.165, 1.54) is 56.0 Å². The van der Waals surface area contributed by atoms with Gasteiger partial charge in [0.25, 0.3) is 5.91 Å². The number of nitrogens with zero attached hydrogens (tertiary/aromatic N) is 2. The highest BCUT2D eigenvalue weighted by Crippen LogP contribution is 2.23. The number of carbonyl (C=O) groups excluding carboxylic acids is 2. The van der Waals surface area contributed by atoms with Gasteiger partial charge in [-0.3, -0.25) is 14.6 Å². The summed E-state index contributed by atoms with van der Waals surface area (Å²) in [4.78, 5) is 32.3. The topological polar surface area (TPSA) is 151 Å². The number of sulfone groups is 1. The van der Waals surface area contributed by atoms with Gasteiger partial charge in [0.1, 0.15) is 5.82 Å². The summed E-state index contributed by atoms with van der Waals surface area (Å²) in [5.41, 5.74) is 1.77. The second-order valence-corrected chi connectivity index (χ2v) is 9.75. The lowest BCUT2D eigenvalue weighted by Gasteiger charge is -2.17. The zero-order valence-electron chi connectivity index (χ0n) is 19.5. The number of ether oxygens (including phenoxy) is 1. The molecule has 2 aromatic heterocycles. The van der Waals surface area contributed by atoms with E-state index in [0.717, 1.165) is 6.21 Å². The molecule has 0 aliphatic rings. The van der Waals surface area contributed by atoms with Gasteiger partial charge in [0, 0.05) is 29.9 Å². The molecule has 2 heterocycles. The summed E-state index contributed by atoms with van der Waals surface area (Å²) in [5, 5.41) is 13.4.